The van der Waals surface area contributed by atoms with Gasteiger partial charge in [-0.3, -0.25) is 14.4 Å². The third-order valence-electron chi connectivity index (χ3n) is 14.1. The summed E-state index contributed by atoms with van der Waals surface area (Å²) in [4.78, 5) is 38.4. The molecule has 0 aromatic carbocycles. The summed E-state index contributed by atoms with van der Waals surface area (Å²) in [5.74, 6) is -0.918. The smallest absolute Gasteiger partial charge is 0.306 e. The van der Waals surface area contributed by atoms with Gasteiger partial charge in [0.25, 0.3) is 0 Å². The van der Waals surface area contributed by atoms with Gasteiger partial charge in [-0.2, -0.15) is 0 Å². The zero-order valence-electron chi connectivity index (χ0n) is 53.2. The number of rotatable bonds is 60. The first-order valence-electron chi connectivity index (χ1n) is 33.8. The van der Waals surface area contributed by atoms with Crippen LogP contribution in [0.15, 0.2) is 146 Å². The van der Waals surface area contributed by atoms with E-state index in [9.17, 15) is 14.4 Å². The number of ether oxygens (including phenoxy) is 3. The van der Waals surface area contributed by atoms with Crippen molar-refractivity contribution in [3.05, 3.63) is 146 Å². The SMILES string of the molecule is CC/C=C\C/C=C\C/C=C\C/C=C\C/C=C\C/C=C\C/C=C\CCCCCCCCCC(=O)OCC(COC(=O)CCCCCCCCC/C=C\C/C=C\C/C=C\CC)OC(=O)CCCCCCCCC/C=C\C/C=C\CCCCCC. The first kappa shape index (κ1) is 77.3. The van der Waals surface area contributed by atoms with Gasteiger partial charge in [0.05, 0.1) is 0 Å². The highest BCUT2D eigenvalue weighted by Gasteiger charge is 2.19. The Bertz CT molecular complexity index is 1780. The third-order valence-corrected chi connectivity index (χ3v) is 14.1. The minimum atomic E-state index is -0.799. The van der Waals surface area contributed by atoms with E-state index >= 15 is 0 Å². The Balaban J connectivity index is 4.41. The second kappa shape index (κ2) is 68.8. The molecule has 0 spiro atoms. The maximum Gasteiger partial charge on any atom is 0.306 e. The second-order valence-electron chi connectivity index (χ2n) is 22.0. The Labute approximate surface area is 506 Å². The summed E-state index contributed by atoms with van der Waals surface area (Å²) < 4.78 is 16.9. The maximum absolute atomic E-state index is 12.9. The number of hydrogen-bond donors (Lipinski definition) is 0. The highest BCUT2D eigenvalue weighted by molar-refractivity contribution is 5.71. The minimum Gasteiger partial charge on any atom is -0.462 e. The van der Waals surface area contributed by atoms with E-state index in [-0.39, 0.29) is 31.1 Å². The lowest BCUT2D eigenvalue weighted by Crippen LogP contribution is -2.30. The Kier molecular flexibility index (Phi) is 64.8. The van der Waals surface area contributed by atoms with Crippen LogP contribution in [0.5, 0.6) is 0 Å². The van der Waals surface area contributed by atoms with Gasteiger partial charge in [0.1, 0.15) is 13.2 Å². The molecule has 82 heavy (non-hydrogen) atoms. The summed E-state index contributed by atoms with van der Waals surface area (Å²) in [6, 6.07) is 0. The molecule has 6 nitrogen and oxygen atoms in total. The Morgan fingerprint density at radius 1 is 0.256 bits per heavy atom. The van der Waals surface area contributed by atoms with E-state index in [0.717, 1.165) is 148 Å². The van der Waals surface area contributed by atoms with Gasteiger partial charge in [0.2, 0.25) is 0 Å². The van der Waals surface area contributed by atoms with Gasteiger partial charge in [0.15, 0.2) is 6.10 Å². The van der Waals surface area contributed by atoms with Gasteiger partial charge >= 0.3 is 17.9 Å². The fourth-order valence-corrected chi connectivity index (χ4v) is 9.06. The molecular formula is C76H124O6. The van der Waals surface area contributed by atoms with E-state index < -0.39 is 6.10 Å². The van der Waals surface area contributed by atoms with Crippen LogP contribution in [-0.2, 0) is 28.6 Å². The van der Waals surface area contributed by atoms with E-state index in [4.69, 9.17) is 14.2 Å². The van der Waals surface area contributed by atoms with Crippen molar-refractivity contribution in [3.63, 3.8) is 0 Å². The molecule has 0 N–H and O–H groups in total. The van der Waals surface area contributed by atoms with Crippen LogP contribution < -0.4 is 0 Å². The molecule has 0 heterocycles. The molecule has 0 amide bonds. The summed E-state index contributed by atoms with van der Waals surface area (Å²) in [7, 11) is 0. The summed E-state index contributed by atoms with van der Waals surface area (Å²) >= 11 is 0. The zero-order chi connectivity index (χ0) is 59.2. The summed E-state index contributed by atoms with van der Waals surface area (Å²) in [5, 5.41) is 0. The lowest BCUT2D eigenvalue weighted by atomic mass is 10.1. The van der Waals surface area contributed by atoms with E-state index in [2.05, 4.69) is 167 Å². The summed E-state index contributed by atoms with van der Waals surface area (Å²) in [6.45, 7) is 6.39. The normalized spacial score (nSPS) is 13.1. The van der Waals surface area contributed by atoms with Crippen molar-refractivity contribution in [1.82, 2.24) is 0 Å². The van der Waals surface area contributed by atoms with Crippen molar-refractivity contribution < 1.29 is 28.6 Å². The molecule has 0 rings (SSSR count). The standard InChI is InChI=1S/C76H124O6/c1-4-7-10-13-16-19-22-25-28-31-33-34-35-36-37-38-39-40-41-42-43-46-48-51-54-57-60-63-66-69-75(78)81-72-73(71-80-74(77)68-65-62-59-56-53-50-47-44-30-27-24-21-18-15-12-9-6-3)82-76(79)70-67-64-61-58-55-52-49-45-32-29-26-23-20-17-14-11-8-5-2/h7,9-10,12,16,18-21,23,25,27-30,32-34,36-37,39-40,42-43,73H,4-6,8,11,13-15,17,22,24,26,31,35,38,41,44-72H2,1-3H3/b10-7-,12-9-,19-16-,21-18-,23-20-,28-25-,30-27-,32-29-,34-33-,37-36-,40-39-,43-42-. The second-order valence-corrected chi connectivity index (χ2v) is 22.0. The summed E-state index contributed by atoms with van der Waals surface area (Å²) in [6.07, 6.45) is 98.5. The van der Waals surface area contributed by atoms with Crippen LogP contribution in [0.3, 0.4) is 0 Å². The molecule has 0 aromatic heterocycles. The molecule has 0 saturated carbocycles. The molecule has 1 unspecified atom stereocenters. The first-order chi connectivity index (χ1) is 40.5. The van der Waals surface area contributed by atoms with Crippen molar-refractivity contribution in [1.29, 1.82) is 0 Å². The molecule has 0 bridgehead atoms. The Hall–Kier alpha value is -4.71. The molecule has 0 aliphatic carbocycles. The number of carbonyl (C=O) groups is 3. The molecule has 0 saturated heterocycles. The van der Waals surface area contributed by atoms with Crippen LogP contribution >= 0.6 is 0 Å². The van der Waals surface area contributed by atoms with Crippen LogP contribution in [0.25, 0.3) is 0 Å². The van der Waals surface area contributed by atoms with Crippen molar-refractivity contribution in [2.75, 3.05) is 13.2 Å². The molecule has 0 radical (unpaired) electrons. The van der Waals surface area contributed by atoms with Crippen LogP contribution in [0, 0.1) is 0 Å². The largest absolute Gasteiger partial charge is 0.462 e. The molecule has 0 aliphatic rings. The lowest BCUT2D eigenvalue weighted by molar-refractivity contribution is -0.167. The van der Waals surface area contributed by atoms with Crippen LogP contribution in [0.1, 0.15) is 297 Å². The zero-order valence-corrected chi connectivity index (χ0v) is 53.2. The fourth-order valence-electron chi connectivity index (χ4n) is 9.06. The van der Waals surface area contributed by atoms with Gasteiger partial charge in [-0.1, -0.05) is 282 Å². The number of esters is 3. The van der Waals surface area contributed by atoms with E-state index in [1.807, 2.05) is 0 Å². The van der Waals surface area contributed by atoms with Crippen molar-refractivity contribution in [2.45, 2.75) is 303 Å². The van der Waals surface area contributed by atoms with Crippen LogP contribution in [0.4, 0.5) is 0 Å². The topological polar surface area (TPSA) is 78.9 Å². The Morgan fingerprint density at radius 3 is 0.744 bits per heavy atom. The number of allylic oxidation sites excluding steroid dienone is 24. The van der Waals surface area contributed by atoms with Crippen LogP contribution in [0.2, 0.25) is 0 Å². The van der Waals surface area contributed by atoms with E-state index in [1.165, 1.54) is 109 Å². The van der Waals surface area contributed by atoms with Crippen molar-refractivity contribution in [2.24, 2.45) is 0 Å². The molecule has 464 valence electrons. The monoisotopic (exact) mass is 1130 g/mol. The molecule has 0 aliphatic heterocycles. The van der Waals surface area contributed by atoms with Crippen LogP contribution in [-0.4, -0.2) is 37.2 Å². The highest BCUT2D eigenvalue weighted by Crippen LogP contribution is 2.15. The average molecular weight is 1130 g/mol. The first-order valence-corrected chi connectivity index (χ1v) is 33.8. The quantitative estimate of drug-likeness (QED) is 0.0261. The fraction of sp³-hybridized carbons (Fsp3) is 0.645. The van der Waals surface area contributed by atoms with Gasteiger partial charge in [-0.05, 0) is 141 Å². The highest BCUT2D eigenvalue weighted by atomic mass is 16.6. The van der Waals surface area contributed by atoms with Gasteiger partial charge in [-0.15, -0.1) is 0 Å². The average Bonchev–Trinajstić information content (AvgIpc) is 3.47. The Morgan fingerprint density at radius 2 is 0.476 bits per heavy atom. The third kappa shape index (κ3) is 66.1. The number of hydrogen-bond acceptors (Lipinski definition) is 6. The molecule has 0 aromatic rings. The van der Waals surface area contributed by atoms with E-state index in [1.54, 1.807) is 0 Å². The number of carbonyl (C=O) groups excluding carboxylic acids is 3. The molecule has 1 atom stereocenters. The molecular weight excluding hydrogens is 1010 g/mol. The number of unbranched alkanes of at least 4 members (excludes halogenated alkanes) is 25. The van der Waals surface area contributed by atoms with Crippen molar-refractivity contribution >= 4 is 17.9 Å². The van der Waals surface area contributed by atoms with E-state index in [0.29, 0.717) is 19.3 Å². The van der Waals surface area contributed by atoms with Crippen molar-refractivity contribution in [3.8, 4) is 0 Å². The molecule has 6 heteroatoms. The minimum absolute atomic E-state index is 0.0941. The maximum atomic E-state index is 12.9. The lowest BCUT2D eigenvalue weighted by Gasteiger charge is -2.18. The predicted octanol–water partition coefficient (Wildman–Crippen LogP) is 23.5. The predicted molar refractivity (Wildman–Crippen MR) is 357 cm³/mol. The van der Waals surface area contributed by atoms with Gasteiger partial charge in [0, 0.05) is 19.3 Å². The molecule has 0 fully saturated rings. The van der Waals surface area contributed by atoms with Gasteiger partial charge in [-0.25, -0.2) is 0 Å². The van der Waals surface area contributed by atoms with Gasteiger partial charge < -0.3 is 14.2 Å². The summed E-state index contributed by atoms with van der Waals surface area (Å²) in [5.41, 5.74) is 0.